The van der Waals surface area contributed by atoms with Crippen LogP contribution in [0.15, 0.2) is 0 Å². The molecular formula is C10H22N2O2. The molecule has 0 aromatic heterocycles. The van der Waals surface area contributed by atoms with Gasteiger partial charge >= 0.3 is 0 Å². The van der Waals surface area contributed by atoms with Crippen LogP contribution in [-0.2, 0) is 9.53 Å². The lowest BCUT2D eigenvalue weighted by molar-refractivity contribution is -0.127. The topological polar surface area (TPSA) is 41.6 Å². The van der Waals surface area contributed by atoms with Crippen molar-refractivity contribution in [1.29, 1.82) is 0 Å². The summed E-state index contributed by atoms with van der Waals surface area (Å²) >= 11 is 0. The molecule has 0 atom stereocenters. The molecule has 4 nitrogen and oxygen atoms in total. The summed E-state index contributed by atoms with van der Waals surface area (Å²) in [5.41, 5.74) is 0. The first kappa shape index (κ1) is 13.4. The van der Waals surface area contributed by atoms with Crippen molar-refractivity contribution in [1.82, 2.24) is 10.2 Å². The summed E-state index contributed by atoms with van der Waals surface area (Å²) in [5, 5.41) is 3.07. The van der Waals surface area contributed by atoms with Crippen LogP contribution in [0.2, 0.25) is 0 Å². The van der Waals surface area contributed by atoms with Gasteiger partial charge in [0.25, 0.3) is 0 Å². The van der Waals surface area contributed by atoms with Crippen molar-refractivity contribution < 1.29 is 9.53 Å². The fourth-order valence-electron chi connectivity index (χ4n) is 0.899. The molecule has 0 aliphatic rings. The Kier molecular flexibility index (Phi) is 8.57. The van der Waals surface area contributed by atoms with Crippen molar-refractivity contribution in [2.75, 3.05) is 40.4 Å². The first-order valence-corrected chi connectivity index (χ1v) is 5.17. The number of hydrogen-bond acceptors (Lipinski definition) is 3. The van der Waals surface area contributed by atoms with E-state index in [4.69, 9.17) is 4.74 Å². The number of rotatable bonds is 8. The number of amides is 1. The van der Waals surface area contributed by atoms with Crippen LogP contribution in [-0.4, -0.2) is 51.2 Å². The van der Waals surface area contributed by atoms with Gasteiger partial charge in [-0.2, -0.15) is 0 Å². The number of carbonyl (C=O) groups excluding carboxylic acids is 1. The van der Waals surface area contributed by atoms with E-state index in [1.54, 1.807) is 19.0 Å². The van der Waals surface area contributed by atoms with Crippen LogP contribution < -0.4 is 5.32 Å². The second kappa shape index (κ2) is 8.97. The molecular weight excluding hydrogens is 180 g/mol. The van der Waals surface area contributed by atoms with E-state index in [2.05, 4.69) is 12.2 Å². The maximum atomic E-state index is 11.1. The molecule has 0 radical (unpaired) electrons. The number of carbonyl (C=O) groups is 1. The Labute approximate surface area is 86.6 Å². The van der Waals surface area contributed by atoms with Gasteiger partial charge in [-0.25, -0.2) is 0 Å². The molecule has 0 rings (SSSR count). The number of ether oxygens (including phenoxy) is 1. The van der Waals surface area contributed by atoms with E-state index in [0.29, 0.717) is 6.54 Å². The number of hydrogen-bond donors (Lipinski definition) is 1. The van der Waals surface area contributed by atoms with Gasteiger partial charge in [0.15, 0.2) is 0 Å². The van der Waals surface area contributed by atoms with Crippen LogP contribution in [0.25, 0.3) is 0 Å². The second-order valence-electron chi connectivity index (χ2n) is 3.43. The summed E-state index contributed by atoms with van der Waals surface area (Å²) < 4.78 is 5.30. The molecule has 0 aliphatic heterocycles. The molecule has 0 saturated heterocycles. The molecule has 0 saturated carbocycles. The molecule has 0 aliphatic carbocycles. The first-order valence-electron chi connectivity index (χ1n) is 5.17. The molecule has 0 fully saturated rings. The zero-order valence-electron chi connectivity index (χ0n) is 9.51. The Bertz CT molecular complexity index is 149. The van der Waals surface area contributed by atoms with Crippen molar-refractivity contribution in [3.8, 4) is 0 Å². The molecule has 0 spiro atoms. The third kappa shape index (κ3) is 8.01. The van der Waals surface area contributed by atoms with Crippen molar-refractivity contribution in [2.45, 2.75) is 19.8 Å². The van der Waals surface area contributed by atoms with Crippen LogP contribution in [0.3, 0.4) is 0 Å². The zero-order chi connectivity index (χ0) is 10.8. The quantitative estimate of drug-likeness (QED) is 0.582. The van der Waals surface area contributed by atoms with Gasteiger partial charge in [-0.05, 0) is 19.4 Å². The Balaban J connectivity index is 3.10. The molecule has 1 N–H and O–H groups in total. The predicted octanol–water partition coefficient (Wildman–Crippen LogP) is 0.481. The van der Waals surface area contributed by atoms with Gasteiger partial charge in [0.1, 0.15) is 0 Å². The van der Waals surface area contributed by atoms with Gasteiger partial charge in [0, 0.05) is 27.3 Å². The van der Waals surface area contributed by atoms with E-state index in [1.165, 1.54) is 0 Å². The summed E-state index contributed by atoms with van der Waals surface area (Å²) in [7, 11) is 3.52. The summed E-state index contributed by atoms with van der Waals surface area (Å²) in [6, 6.07) is 0. The van der Waals surface area contributed by atoms with E-state index in [0.717, 1.165) is 32.6 Å². The maximum absolute atomic E-state index is 11.1. The summed E-state index contributed by atoms with van der Waals surface area (Å²) in [6.45, 7) is 4.95. The summed E-state index contributed by atoms with van der Waals surface area (Å²) in [4.78, 5) is 12.7. The SMILES string of the molecule is CCCOCCCNCC(=O)N(C)C. The highest BCUT2D eigenvalue weighted by molar-refractivity contribution is 5.77. The average Bonchev–Trinajstić information content (AvgIpc) is 2.16. The lowest BCUT2D eigenvalue weighted by Crippen LogP contribution is -2.33. The number of nitrogens with one attached hydrogen (secondary N) is 1. The van der Waals surface area contributed by atoms with E-state index >= 15 is 0 Å². The summed E-state index contributed by atoms with van der Waals surface area (Å²) in [6.07, 6.45) is 2.02. The van der Waals surface area contributed by atoms with Gasteiger partial charge in [0.05, 0.1) is 6.54 Å². The van der Waals surface area contributed by atoms with Gasteiger partial charge in [0.2, 0.25) is 5.91 Å². The average molecular weight is 202 g/mol. The van der Waals surface area contributed by atoms with E-state index in [-0.39, 0.29) is 5.91 Å². The fraction of sp³-hybridized carbons (Fsp3) is 0.900. The minimum absolute atomic E-state index is 0.111. The normalized spacial score (nSPS) is 10.2. The highest BCUT2D eigenvalue weighted by Crippen LogP contribution is 1.84. The van der Waals surface area contributed by atoms with Crippen molar-refractivity contribution in [3.63, 3.8) is 0 Å². The molecule has 84 valence electrons. The van der Waals surface area contributed by atoms with Gasteiger partial charge < -0.3 is 15.0 Å². The maximum Gasteiger partial charge on any atom is 0.236 e. The van der Waals surface area contributed by atoms with Crippen molar-refractivity contribution >= 4 is 5.91 Å². The molecule has 1 amide bonds. The minimum Gasteiger partial charge on any atom is -0.381 e. The van der Waals surface area contributed by atoms with E-state index in [1.807, 2.05) is 0 Å². The van der Waals surface area contributed by atoms with Gasteiger partial charge in [-0.3, -0.25) is 4.79 Å². The largest absolute Gasteiger partial charge is 0.381 e. The van der Waals surface area contributed by atoms with Crippen LogP contribution in [0.1, 0.15) is 19.8 Å². The molecule has 0 aromatic rings. The van der Waals surface area contributed by atoms with Crippen molar-refractivity contribution in [3.05, 3.63) is 0 Å². The van der Waals surface area contributed by atoms with Crippen LogP contribution in [0.5, 0.6) is 0 Å². The molecule has 4 heteroatoms. The lowest BCUT2D eigenvalue weighted by Gasteiger charge is -2.10. The number of nitrogens with zero attached hydrogens (tertiary/aromatic N) is 1. The number of likely N-dealkylation sites (N-methyl/N-ethyl adjacent to an activating group) is 1. The highest BCUT2D eigenvalue weighted by Gasteiger charge is 2.01. The third-order valence-corrected chi connectivity index (χ3v) is 1.77. The fourth-order valence-corrected chi connectivity index (χ4v) is 0.899. The molecule has 14 heavy (non-hydrogen) atoms. The molecule has 0 aromatic carbocycles. The smallest absolute Gasteiger partial charge is 0.236 e. The highest BCUT2D eigenvalue weighted by atomic mass is 16.5. The minimum atomic E-state index is 0.111. The Morgan fingerprint density at radius 1 is 1.36 bits per heavy atom. The third-order valence-electron chi connectivity index (χ3n) is 1.77. The zero-order valence-corrected chi connectivity index (χ0v) is 9.51. The lowest BCUT2D eigenvalue weighted by atomic mass is 10.4. The first-order chi connectivity index (χ1) is 6.68. The molecule has 0 unspecified atom stereocenters. The van der Waals surface area contributed by atoms with Crippen LogP contribution in [0, 0.1) is 0 Å². The van der Waals surface area contributed by atoms with E-state index in [9.17, 15) is 4.79 Å². The standard InChI is InChI=1S/C10H22N2O2/c1-4-7-14-8-5-6-11-9-10(13)12(2)3/h11H,4-9H2,1-3H3. The Morgan fingerprint density at radius 2 is 2.07 bits per heavy atom. The van der Waals surface area contributed by atoms with Crippen LogP contribution in [0.4, 0.5) is 0 Å². The molecule has 0 bridgehead atoms. The van der Waals surface area contributed by atoms with E-state index < -0.39 is 0 Å². The Morgan fingerprint density at radius 3 is 2.64 bits per heavy atom. The van der Waals surface area contributed by atoms with Crippen molar-refractivity contribution in [2.24, 2.45) is 0 Å². The Hall–Kier alpha value is -0.610. The van der Waals surface area contributed by atoms with Gasteiger partial charge in [-0.15, -0.1) is 0 Å². The second-order valence-corrected chi connectivity index (χ2v) is 3.43. The summed E-state index contributed by atoms with van der Waals surface area (Å²) in [5.74, 6) is 0.111. The predicted molar refractivity (Wildman–Crippen MR) is 57.3 cm³/mol. The monoisotopic (exact) mass is 202 g/mol. The van der Waals surface area contributed by atoms with Gasteiger partial charge in [-0.1, -0.05) is 6.92 Å². The molecule has 0 heterocycles. The van der Waals surface area contributed by atoms with Crippen LogP contribution >= 0.6 is 0 Å².